The largest absolute Gasteiger partial charge is 0.379 e. The first kappa shape index (κ1) is 17.2. The Morgan fingerprint density at radius 3 is 2.35 bits per heavy atom. The van der Waals surface area contributed by atoms with E-state index in [4.69, 9.17) is 4.74 Å². The maximum absolute atomic E-state index is 5.51. The lowest BCUT2D eigenvalue weighted by Gasteiger charge is -2.25. The lowest BCUT2D eigenvalue weighted by molar-refractivity contribution is 0.0131. The molecule has 1 aromatic rings. The van der Waals surface area contributed by atoms with Crippen molar-refractivity contribution in [1.29, 1.82) is 0 Å². The van der Waals surface area contributed by atoms with Crippen LogP contribution in [0.1, 0.15) is 58.4 Å². The van der Waals surface area contributed by atoms with Crippen LogP contribution in [0.25, 0.3) is 0 Å². The smallest absolute Gasteiger partial charge is 0.0622 e. The van der Waals surface area contributed by atoms with Gasteiger partial charge in [-0.25, -0.2) is 0 Å². The molecule has 114 valence electrons. The first-order chi connectivity index (χ1) is 9.44. The molecule has 1 N–H and O–H groups in total. The molecule has 0 aliphatic heterocycles. The van der Waals surface area contributed by atoms with Crippen molar-refractivity contribution >= 4 is 0 Å². The van der Waals surface area contributed by atoms with Gasteiger partial charge >= 0.3 is 0 Å². The third kappa shape index (κ3) is 6.53. The minimum atomic E-state index is -0.00723. The number of hydrogen-bond acceptors (Lipinski definition) is 2. The van der Waals surface area contributed by atoms with Crippen molar-refractivity contribution < 1.29 is 4.74 Å². The van der Waals surface area contributed by atoms with Crippen LogP contribution in [0.2, 0.25) is 0 Å². The molecule has 0 saturated heterocycles. The maximum Gasteiger partial charge on any atom is 0.0622 e. The topological polar surface area (TPSA) is 21.3 Å². The van der Waals surface area contributed by atoms with Gasteiger partial charge in [-0.1, -0.05) is 44.2 Å². The molecule has 20 heavy (non-hydrogen) atoms. The van der Waals surface area contributed by atoms with Crippen LogP contribution in [0.5, 0.6) is 0 Å². The third-order valence-electron chi connectivity index (χ3n) is 3.93. The Morgan fingerprint density at radius 1 is 1.15 bits per heavy atom. The zero-order valence-electron chi connectivity index (χ0n) is 13.8. The van der Waals surface area contributed by atoms with Gasteiger partial charge in [-0.3, -0.25) is 0 Å². The van der Waals surface area contributed by atoms with Crippen LogP contribution in [0.3, 0.4) is 0 Å². The molecular formula is C18H31NO. The zero-order valence-corrected chi connectivity index (χ0v) is 13.8. The predicted octanol–water partition coefficient (Wildman–Crippen LogP) is 4.36. The highest BCUT2D eigenvalue weighted by molar-refractivity contribution is 5.19. The van der Waals surface area contributed by atoms with E-state index in [0.717, 1.165) is 13.0 Å². The lowest BCUT2D eigenvalue weighted by atomic mass is 9.90. The first-order valence-electron chi connectivity index (χ1n) is 7.78. The Bertz CT molecular complexity index is 359. The minimum Gasteiger partial charge on any atom is -0.379 e. The number of hydrogen-bond donors (Lipinski definition) is 1. The summed E-state index contributed by atoms with van der Waals surface area (Å²) >= 11 is 0. The number of benzene rings is 1. The van der Waals surface area contributed by atoms with Crippen molar-refractivity contribution in [3.05, 3.63) is 35.9 Å². The Hall–Kier alpha value is -0.860. The van der Waals surface area contributed by atoms with E-state index in [1.54, 1.807) is 7.11 Å². The predicted molar refractivity (Wildman–Crippen MR) is 87.3 cm³/mol. The van der Waals surface area contributed by atoms with Crippen LogP contribution in [0.15, 0.2) is 30.3 Å². The Kier molecular flexibility index (Phi) is 7.25. The van der Waals surface area contributed by atoms with Gasteiger partial charge in [0.1, 0.15) is 0 Å². The summed E-state index contributed by atoms with van der Waals surface area (Å²) in [7, 11) is 1.80. The molecule has 0 radical (unpaired) electrons. The van der Waals surface area contributed by atoms with Crippen LogP contribution in [0.4, 0.5) is 0 Å². The lowest BCUT2D eigenvalue weighted by Crippen LogP contribution is -2.28. The van der Waals surface area contributed by atoms with E-state index >= 15 is 0 Å². The SMILES string of the molecule is COC(C)(C)CCCC(CNC(C)C)c1ccccc1. The molecule has 0 aliphatic carbocycles. The summed E-state index contributed by atoms with van der Waals surface area (Å²) < 4.78 is 5.51. The highest BCUT2D eigenvalue weighted by Crippen LogP contribution is 2.25. The van der Waals surface area contributed by atoms with Gasteiger partial charge in [-0.2, -0.15) is 0 Å². The molecule has 0 aliphatic rings. The fraction of sp³-hybridized carbons (Fsp3) is 0.667. The number of rotatable bonds is 9. The summed E-state index contributed by atoms with van der Waals surface area (Å²) in [6.45, 7) is 9.79. The molecule has 0 aromatic heterocycles. The monoisotopic (exact) mass is 277 g/mol. The van der Waals surface area contributed by atoms with Crippen molar-refractivity contribution in [1.82, 2.24) is 5.32 Å². The van der Waals surface area contributed by atoms with Crippen molar-refractivity contribution in [3.63, 3.8) is 0 Å². The van der Waals surface area contributed by atoms with E-state index in [-0.39, 0.29) is 5.60 Å². The van der Waals surface area contributed by atoms with Gasteiger partial charge in [0.2, 0.25) is 0 Å². The van der Waals surface area contributed by atoms with Gasteiger partial charge in [0, 0.05) is 19.7 Å². The van der Waals surface area contributed by atoms with Crippen LogP contribution >= 0.6 is 0 Å². The van der Waals surface area contributed by atoms with Crippen molar-refractivity contribution in [3.8, 4) is 0 Å². The second kappa shape index (κ2) is 8.43. The van der Waals surface area contributed by atoms with Crippen molar-refractivity contribution in [2.24, 2.45) is 0 Å². The quantitative estimate of drug-likeness (QED) is 0.724. The average molecular weight is 277 g/mol. The highest BCUT2D eigenvalue weighted by atomic mass is 16.5. The van der Waals surface area contributed by atoms with Crippen molar-refractivity contribution in [2.75, 3.05) is 13.7 Å². The molecule has 2 heteroatoms. The summed E-state index contributed by atoms with van der Waals surface area (Å²) in [5.74, 6) is 0.589. The second-order valence-electron chi connectivity index (χ2n) is 6.53. The first-order valence-corrected chi connectivity index (χ1v) is 7.78. The Balaban J connectivity index is 2.55. The van der Waals surface area contributed by atoms with Crippen LogP contribution in [-0.2, 0) is 4.74 Å². The normalized spacial score (nSPS) is 13.7. The van der Waals surface area contributed by atoms with Gasteiger partial charge in [-0.15, -0.1) is 0 Å². The van der Waals surface area contributed by atoms with E-state index in [2.05, 4.69) is 63.3 Å². The molecule has 0 bridgehead atoms. The van der Waals surface area contributed by atoms with Crippen LogP contribution in [0, 0.1) is 0 Å². The van der Waals surface area contributed by atoms with Crippen LogP contribution in [-0.4, -0.2) is 25.3 Å². The molecule has 2 nitrogen and oxygen atoms in total. The molecule has 0 heterocycles. The Labute approximate surface area is 124 Å². The standard InChI is InChI=1S/C18H31NO/c1-15(2)19-14-17(16-10-7-6-8-11-16)12-9-13-18(3,4)20-5/h6-8,10-11,15,17,19H,9,12-14H2,1-5H3. The molecule has 1 rings (SSSR count). The maximum atomic E-state index is 5.51. The molecule has 0 spiro atoms. The summed E-state index contributed by atoms with van der Waals surface area (Å²) in [6, 6.07) is 11.4. The summed E-state index contributed by atoms with van der Waals surface area (Å²) in [5.41, 5.74) is 1.43. The van der Waals surface area contributed by atoms with Gasteiger partial charge in [0.05, 0.1) is 5.60 Å². The average Bonchev–Trinajstić information content (AvgIpc) is 2.43. The highest BCUT2D eigenvalue weighted by Gasteiger charge is 2.18. The molecule has 1 unspecified atom stereocenters. The van der Waals surface area contributed by atoms with Gasteiger partial charge in [-0.05, 0) is 44.6 Å². The molecule has 0 amide bonds. The number of ether oxygens (including phenoxy) is 1. The zero-order chi connectivity index (χ0) is 15.0. The molecule has 0 saturated carbocycles. The van der Waals surface area contributed by atoms with E-state index in [9.17, 15) is 0 Å². The van der Waals surface area contributed by atoms with Crippen molar-refractivity contribution in [2.45, 2.75) is 64.5 Å². The second-order valence-corrected chi connectivity index (χ2v) is 6.53. The van der Waals surface area contributed by atoms with E-state index in [1.807, 2.05) is 0 Å². The molecule has 1 atom stereocenters. The third-order valence-corrected chi connectivity index (χ3v) is 3.93. The van der Waals surface area contributed by atoms with Crippen LogP contribution < -0.4 is 5.32 Å². The van der Waals surface area contributed by atoms with Gasteiger partial charge in [0.15, 0.2) is 0 Å². The summed E-state index contributed by atoms with van der Waals surface area (Å²) in [6.07, 6.45) is 3.51. The molecular weight excluding hydrogens is 246 g/mol. The number of methoxy groups -OCH3 is 1. The van der Waals surface area contributed by atoms with Gasteiger partial charge < -0.3 is 10.1 Å². The summed E-state index contributed by atoms with van der Waals surface area (Å²) in [5, 5.41) is 3.57. The minimum absolute atomic E-state index is 0.00723. The fourth-order valence-corrected chi connectivity index (χ4v) is 2.37. The van der Waals surface area contributed by atoms with E-state index in [0.29, 0.717) is 12.0 Å². The molecule has 0 fully saturated rings. The van der Waals surface area contributed by atoms with E-state index in [1.165, 1.54) is 18.4 Å². The number of nitrogens with one attached hydrogen (secondary N) is 1. The summed E-state index contributed by atoms with van der Waals surface area (Å²) in [4.78, 5) is 0. The fourth-order valence-electron chi connectivity index (χ4n) is 2.37. The van der Waals surface area contributed by atoms with E-state index < -0.39 is 0 Å². The molecule has 1 aromatic carbocycles. The Morgan fingerprint density at radius 2 is 1.80 bits per heavy atom. The van der Waals surface area contributed by atoms with Gasteiger partial charge in [0.25, 0.3) is 0 Å².